The first-order valence-electron chi connectivity index (χ1n) is 6.84. The number of carbonyl (C=O) groups excluding carboxylic acids is 1. The molecule has 6 heteroatoms. The van der Waals surface area contributed by atoms with Crippen LogP contribution in [0.1, 0.15) is 26.2 Å². The number of ether oxygens (including phenoxy) is 1. The van der Waals surface area contributed by atoms with Crippen LogP contribution in [0.2, 0.25) is 0 Å². The minimum Gasteiger partial charge on any atom is -0.481 e. The number of nitrogens with zero attached hydrogens (tertiary/aromatic N) is 1. The number of likely N-dealkylation sites (tertiary alicyclic amines) is 1. The van der Waals surface area contributed by atoms with E-state index in [0.717, 1.165) is 19.4 Å². The maximum atomic E-state index is 11.8. The second-order valence-corrected chi connectivity index (χ2v) is 5.77. The van der Waals surface area contributed by atoms with Crippen molar-refractivity contribution in [2.45, 2.75) is 32.3 Å². The van der Waals surface area contributed by atoms with Gasteiger partial charge in [-0.25, -0.2) is 0 Å². The molecule has 2 atom stereocenters. The molecule has 2 heterocycles. The summed E-state index contributed by atoms with van der Waals surface area (Å²) in [5.41, 5.74) is -0.713. The highest BCUT2D eigenvalue weighted by atomic mass is 16.5. The molecule has 19 heavy (non-hydrogen) atoms. The fraction of sp³-hybridized carbons (Fsp3) is 0.846. The quantitative estimate of drug-likeness (QED) is 0.739. The van der Waals surface area contributed by atoms with Crippen molar-refractivity contribution >= 4 is 11.9 Å². The summed E-state index contributed by atoms with van der Waals surface area (Å²) in [5.74, 6) is -0.833. The molecule has 0 bridgehead atoms. The predicted octanol–water partition coefficient (Wildman–Crippen LogP) is 0.0782. The summed E-state index contributed by atoms with van der Waals surface area (Å²) in [4.78, 5) is 24.8. The first-order chi connectivity index (χ1) is 8.99. The number of carboxylic acids is 1. The van der Waals surface area contributed by atoms with E-state index in [9.17, 15) is 9.59 Å². The smallest absolute Gasteiger partial charge is 0.310 e. The van der Waals surface area contributed by atoms with Gasteiger partial charge < -0.3 is 15.2 Å². The van der Waals surface area contributed by atoms with Crippen LogP contribution in [0.5, 0.6) is 0 Å². The summed E-state index contributed by atoms with van der Waals surface area (Å²) in [6.45, 7) is 4.45. The summed E-state index contributed by atoms with van der Waals surface area (Å²) in [7, 11) is 0. The molecule has 1 amide bonds. The van der Waals surface area contributed by atoms with Crippen molar-refractivity contribution in [3.8, 4) is 0 Å². The summed E-state index contributed by atoms with van der Waals surface area (Å²) >= 11 is 0. The van der Waals surface area contributed by atoms with Crippen LogP contribution in [0.15, 0.2) is 0 Å². The Hall–Kier alpha value is -1.14. The number of carbonyl (C=O) groups is 2. The van der Waals surface area contributed by atoms with Crippen molar-refractivity contribution in [1.29, 1.82) is 0 Å². The van der Waals surface area contributed by atoms with Gasteiger partial charge in [0.1, 0.15) is 0 Å². The maximum absolute atomic E-state index is 11.8. The standard InChI is InChI=1S/C13H22N2O4/c1-13(12(17)18)4-5-15(9-13)8-11(16)14-7-10-3-2-6-19-10/h10H,2-9H2,1H3,(H,14,16)(H,17,18). The monoisotopic (exact) mass is 270 g/mol. The lowest BCUT2D eigenvalue weighted by Gasteiger charge is -2.20. The second-order valence-electron chi connectivity index (χ2n) is 5.77. The Morgan fingerprint density at radius 2 is 2.32 bits per heavy atom. The number of rotatable bonds is 5. The molecule has 6 nitrogen and oxygen atoms in total. The van der Waals surface area contributed by atoms with E-state index in [1.807, 2.05) is 4.90 Å². The van der Waals surface area contributed by atoms with E-state index in [0.29, 0.717) is 26.1 Å². The number of hydrogen-bond acceptors (Lipinski definition) is 4. The van der Waals surface area contributed by atoms with Crippen molar-refractivity contribution in [1.82, 2.24) is 10.2 Å². The Bertz CT molecular complexity index is 355. The fourth-order valence-corrected chi connectivity index (χ4v) is 2.66. The average Bonchev–Trinajstić information content (AvgIpc) is 2.97. The van der Waals surface area contributed by atoms with E-state index in [2.05, 4.69) is 5.32 Å². The van der Waals surface area contributed by atoms with Crippen LogP contribution in [-0.2, 0) is 14.3 Å². The highest BCUT2D eigenvalue weighted by Gasteiger charge is 2.40. The molecule has 0 aromatic rings. The van der Waals surface area contributed by atoms with Crippen LogP contribution in [0.3, 0.4) is 0 Å². The molecule has 0 aliphatic carbocycles. The molecule has 2 unspecified atom stereocenters. The number of nitrogens with one attached hydrogen (secondary N) is 1. The third-order valence-corrected chi connectivity index (χ3v) is 3.99. The zero-order valence-electron chi connectivity index (χ0n) is 11.4. The summed E-state index contributed by atoms with van der Waals surface area (Å²) in [6, 6.07) is 0. The van der Waals surface area contributed by atoms with E-state index in [1.54, 1.807) is 6.92 Å². The third kappa shape index (κ3) is 3.67. The zero-order chi connectivity index (χ0) is 13.9. The largest absolute Gasteiger partial charge is 0.481 e. The molecule has 108 valence electrons. The zero-order valence-corrected chi connectivity index (χ0v) is 11.4. The summed E-state index contributed by atoms with van der Waals surface area (Å²) in [5, 5.41) is 12.0. The van der Waals surface area contributed by atoms with Gasteiger partial charge in [0.2, 0.25) is 5.91 Å². The molecular weight excluding hydrogens is 248 g/mol. The van der Waals surface area contributed by atoms with E-state index in [4.69, 9.17) is 9.84 Å². The van der Waals surface area contributed by atoms with Crippen LogP contribution < -0.4 is 5.32 Å². The van der Waals surface area contributed by atoms with Gasteiger partial charge in [0.05, 0.1) is 18.1 Å². The molecule has 0 aromatic carbocycles. The van der Waals surface area contributed by atoms with Gasteiger partial charge in [-0.3, -0.25) is 14.5 Å². The lowest BCUT2D eigenvalue weighted by atomic mass is 9.90. The van der Waals surface area contributed by atoms with Gasteiger partial charge in [-0.15, -0.1) is 0 Å². The van der Waals surface area contributed by atoms with Crippen molar-refractivity contribution in [3.05, 3.63) is 0 Å². The van der Waals surface area contributed by atoms with Crippen LogP contribution >= 0.6 is 0 Å². The van der Waals surface area contributed by atoms with E-state index < -0.39 is 11.4 Å². The van der Waals surface area contributed by atoms with Gasteiger partial charge in [-0.2, -0.15) is 0 Å². The van der Waals surface area contributed by atoms with Gasteiger partial charge in [0, 0.05) is 19.7 Å². The van der Waals surface area contributed by atoms with Crippen LogP contribution in [0.25, 0.3) is 0 Å². The molecule has 2 saturated heterocycles. The van der Waals surface area contributed by atoms with Gasteiger partial charge in [0.15, 0.2) is 0 Å². The second kappa shape index (κ2) is 5.88. The summed E-state index contributed by atoms with van der Waals surface area (Å²) in [6.07, 6.45) is 2.80. The van der Waals surface area contributed by atoms with Gasteiger partial charge >= 0.3 is 5.97 Å². The molecule has 0 radical (unpaired) electrons. The van der Waals surface area contributed by atoms with Crippen molar-refractivity contribution in [3.63, 3.8) is 0 Å². The Labute approximate surface area is 113 Å². The lowest BCUT2D eigenvalue weighted by molar-refractivity contribution is -0.147. The number of aliphatic carboxylic acids is 1. The highest BCUT2D eigenvalue weighted by Crippen LogP contribution is 2.29. The molecule has 2 N–H and O–H groups in total. The molecule has 2 aliphatic heterocycles. The van der Waals surface area contributed by atoms with Crippen LogP contribution in [-0.4, -0.2) is 60.8 Å². The Morgan fingerprint density at radius 1 is 1.53 bits per heavy atom. The molecule has 0 saturated carbocycles. The van der Waals surface area contributed by atoms with Gasteiger partial charge in [-0.1, -0.05) is 0 Å². The topological polar surface area (TPSA) is 78.9 Å². The number of carboxylic acid groups (broad SMARTS) is 1. The van der Waals surface area contributed by atoms with Gasteiger partial charge in [-0.05, 0) is 32.7 Å². The van der Waals surface area contributed by atoms with E-state index in [1.165, 1.54) is 0 Å². The minimum atomic E-state index is -0.783. The van der Waals surface area contributed by atoms with E-state index in [-0.39, 0.29) is 18.6 Å². The lowest BCUT2D eigenvalue weighted by Crippen LogP contribution is -2.40. The van der Waals surface area contributed by atoms with E-state index >= 15 is 0 Å². The average molecular weight is 270 g/mol. The molecule has 2 aliphatic rings. The molecule has 2 fully saturated rings. The first-order valence-corrected chi connectivity index (χ1v) is 6.84. The maximum Gasteiger partial charge on any atom is 0.310 e. The predicted molar refractivity (Wildman–Crippen MR) is 68.8 cm³/mol. The molecule has 0 spiro atoms. The van der Waals surface area contributed by atoms with Crippen molar-refractivity contribution < 1.29 is 19.4 Å². The van der Waals surface area contributed by atoms with Crippen molar-refractivity contribution in [2.24, 2.45) is 5.41 Å². The molecule has 2 rings (SSSR count). The fourth-order valence-electron chi connectivity index (χ4n) is 2.66. The molecular formula is C13H22N2O4. The Balaban J connectivity index is 1.70. The SMILES string of the molecule is CC1(C(=O)O)CCN(CC(=O)NCC2CCCO2)C1. The molecule has 0 aromatic heterocycles. The highest BCUT2D eigenvalue weighted by molar-refractivity contribution is 5.79. The third-order valence-electron chi connectivity index (χ3n) is 3.99. The first kappa shape index (κ1) is 14.3. The van der Waals surface area contributed by atoms with Crippen LogP contribution in [0.4, 0.5) is 0 Å². The summed E-state index contributed by atoms with van der Waals surface area (Å²) < 4.78 is 5.43. The van der Waals surface area contributed by atoms with Gasteiger partial charge in [0.25, 0.3) is 0 Å². The Morgan fingerprint density at radius 3 is 2.89 bits per heavy atom. The Kier molecular flexibility index (Phi) is 4.42. The van der Waals surface area contributed by atoms with Crippen LogP contribution in [0, 0.1) is 5.41 Å². The minimum absolute atomic E-state index is 0.0508. The number of amides is 1. The van der Waals surface area contributed by atoms with Crippen molar-refractivity contribution in [2.75, 3.05) is 32.8 Å². The number of hydrogen-bond donors (Lipinski definition) is 2. The normalized spacial score (nSPS) is 31.5.